The maximum atomic E-state index is 5.76. The lowest BCUT2D eigenvalue weighted by Gasteiger charge is -2.05. The van der Waals surface area contributed by atoms with Crippen LogP contribution < -0.4 is 11.5 Å². The Morgan fingerprint density at radius 2 is 2.07 bits per heavy atom. The molecule has 0 spiro atoms. The number of nitrogen functional groups attached to an aromatic ring is 1. The molecule has 1 aromatic heterocycles. The van der Waals surface area contributed by atoms with Crippen molar-refractivity contribution in [2.24, 2.45) is 5.73 Å². The van der Waals surface area contributed by atoms with E-state index in [4.69, 9.17) is 11.5 Å². The Morgan fingerprint density at radius 3 is 2.79 bits per heavy atom. The lowest BCUT2D eigenvalue weighted by atomic mass is 10.1. The van der Waals surface area contributed by atoms with Gasteiger partial charge < -0.3 is 11.5 Å². The number of nitrogens with zero attached hydrogens (tertiary/aromatic N) is 2. The van der Waals surface area contributed by atoms with Gasteiger partial charge in [-0.25, -0.2) is 4.98 Å². The Kier molecular flexibility index (Phi) is 2.05. The van der Waals surface area contributed by atoms with E-state index in [2.05, 4.69) is 9.97 Å². The molecule has 0 fully saturated rings. The zero-order valence-electron chi connectivity index (χ0n) is 7.94. The Morgan fingerprint density at radius 1 is 1.29 bits per heavy atom. The molecule has 0 saturated heterocycles. The summed E-state index contributed by atoms with van der Waals surface area (Å²) in [6.07, 6.45) is 1.55. The van der Waals surface area contributed by atoms with Gasteiger partial charge in [-0.15, -0.1) is 0 Å². The van der Waals surface area contributed by atoms with Gasteiger partial charge in [0, 0.05) is 6.04 Å². The third-order valence-electron chi connectivity index (χ3n) is 2.11. The first-order valence-electron chi connectivity index (χ1n) is 4.44. The summed E-state index contributed by atoms with van der Waals surface area (Å²) >= 11 is 0. The van der Waals surface area contributed by atoms with Crippen LogP contribution in [0.3, 0.4) is 0 Å². The first kappa shape index (κ1) is 8.90. The van der Waals surface area contributed by atoms with Crippen LogP contribution in [-0.2, 0) is 0 Å². The standard InChI is InChI=1S/C10H12N4/c1-6(11)7-2-3-8-9(4-7)13-5-10(12)14-8/h2-6H,11H2,1H3,(H2,12,14). The van der Waals surface area contributed by atoms with Crippen LogP contribution in [0, 0.1) is 0 Å². The topological polar surface area (TPSA) is 77.8 Å². The number of nitrogens with two attached hydrogens (primary N) is 2. The third-order valence-corrected chi connectivity index (χ3v) is 2.11. The van der Waals surface area contributed by atoms with Gasteiger partial charge in [-0.1, -0.05) is 6.07 Å². The van der Waals surface area contributed by atoms with E-state index in [0.29, 0.717) is 5.82 Å². The first-order chi connectivity index (χ1) is 6.66. The van der Waals surface area contributed by atoms with Gasteiger partial charge in [0.2, 0.25) is 0 Å². The molecule has 4 heteroatoms. The Bertz CT molecular complexity index is 465. The maximum absolute atomic E-state index is 5.76. The van der Waals surface area contributed by atoms with Gasteiger partial charge in [0.15, 0.2) is 0 Å². The van der Waals surface area contributed by atoms with Crippen molar-refractivity contribution in [1.82, 2.24) is 9.97 Å². The molecule has 1 atom stereocenters. The van der Waals surface area contributed by atoms with Crippen LogP contribution >= 0.6 is 0 Å². The number of hydrogen-bond donors (Lipinski definition) is 2. The highest BCUT2D eigenvalue weighted by molar-refractivity contribution is 5.76. The van der Waals surface area contributed by atoms with Gasteiger partial charge in [-0.3, -0.25) is 4.98 Å². The summed E-state index contributed by atoms with van der Waals surface area (Å²) in [6, 6.07) is 5.78. The number of hydrogen-bond acceptors (Lipinski definition) is 4. The van der Waals surface area contributed by atoms with Crippen molar-refractivity contribution in [3.8, 4) is 0 Å². The van der Waals surface area contributed by atoms with Crippen molar-refractivity contribution in [2.75, 3.05) is 5.73 Å². The van der Waals surface area contributed by atoms with E-state index in [0.717, 1.165) is 16.6 Å². The predicted molar refractivity (Wildman–Crippen MR) is 56.6 cm³/mol. The minimum absolute atomic E-state index is 0.0127. The first-order valence-corrected chi connectivity index (χ1v) is 4.44. The second kappa shape index (κ2) is 3.23. The van der Waals surface area contributed by atoms with E-state index in [-0.39, 0.29) is 6.04 Å². The molecule has 2 aromatic rings. The van der Waals surface area contributed by atoms with E-state index in [9.17, 15) is 0 Å². The Labute approximate surface area is 82.0 Å². The monoisotopic (exact) mass is 188 g/mol. The van der Waals surface area contributed by atoms with E-state index in [1.165, 1.54) is 0 Å². The van der Waals surface area contributed by atoms with Gasteiger partial charge in [0.25, 0.3) is 0 Å². The van der Waals surface area contributed by atoms with E-state index in [1.54, 1.807) is 6.20 Å². The smallest absolute Gasteiger partial charge is 0.142 e. The molecule has 2 rings (SSSR count). The molecule has 0 amide bonds. The van der Waals surface area contributed by atoms with Crippen LogP contribution in [0.4, 0.5) is 5.82 Å². The molecule has 0 aliphatic carbocycles. The summed E-state index contributed by atoms with van der Waals surface area (Å²) in [5.41, 5.74) is 14.0. The van der Waals surface area contributed by atoms with Crippen LogP contribution in [-0.4, -0.2) is 9.97 Å². The summed E-state index contributed by atoms with van der Waals surface area (Å²) < 4.78 is 0. The molecule has 72 valence electrons. The largest absolute Gasteiger partial charge is 0.382 e. The van der Waals surface area contributed by atoms with Gasteiger partial charge >= 0.3 is 0 Å². The van der Waals surface area contributed by atoms with Crippen molar-refractivity contribution >= 4 is 16.9 Å². The maximum Gasteiger partial charge on any atom is 0.142 e. The Hall–Kier alpha value is -1.68. The Balaban J connectivity index is 2.62. The number of aromatic nitrogens is 2. The molecular formula is C10H12N4. The van der Waals surface area contributed by atoms with Gasteiger partial charge in [-0.05, 0) is 24.6 Å². The van der Waals surface area contributed by atoms with Crippen LogP contribution in [0.5, 0.6) is 0 Å². The van der Waals surface area contributed by atoms with E-state index < -0.39 is 0 Å². The highest BCUT2D eigenvalue weighted by Crippen LogP contribution is 2.16. The summed E-state index contributed by atoms with van der Waals surface area (Å²) in [6.45, 7) is 1.94. The van der Waals surface area contributed by atoms with Crippen molar-refractivity contribution < 1.29 is 0 Å². The fraction of sp³-hybridized carbons (Fsp3) is 0.200. The minimum atomic E-state index is 0.0127. The van der Waals surface area contributed by atoms with Crippen molar-refractivity contribution in [3.05, 3.63) is 30.0 Å². The van der Waals surface area contributed by atoms with Crippen LogP contribution in [0.15, 0.2) is 24.4 Å². The van der Waals surface area contributed by atoms with Gasteiger partial charge in [0.05, 0.1) is 17.2 Å². The van der Waals surface area contributed by atoms with Crippen molar-refractivity contribution in [3.63, 3.8) is 0 Å². The number of fused-ring (bicyclic) bond motifs is 1. The second-order valence-electron chi connectivity index (χ2n) is 3.33. The molecule has 0 saturated carbocycles. The lowest BCUT2D eigenvalue weighted by molar-refractivity contribution is 0.819. The van der Waals surface area contributed by atoms with E-state index in [1.807, 2.05) is 25.1 Å². The van der Waals surface area contributed by atoms with Crippen molar-refractivity contribution in [1.29, 1.82) is 0 Å². The number of benzene rings is 1. The molecule has 4 nitrogen and oxygen atoms in total. The van der Waals surface area contributed by atoms with Gasteiger partial charge in [-0.2, -0.15) is 0 Å². The summed E-state index contributed by atoms with van der Waals surface area (Å²) in [5.74, 6) is 0.436. The van der Waals surface area contributed by atoms with Gasteiger partial charge in [0.1, 0.15) is 5.82 Å². The van der Waals surface area contributed by atoms with Crippen LogP contribution in [0.25, 0.3) is 11.0 Å². The quantitative estimate of drug-likeness (QED) is 0.705. The summed E-state index contributed by atoms with van der Waals surface area (Å²) in [7, 11) is 0. The highest BCUT2D eigenvalue weighted by atomic mass is 14.9. The molecule has 0 aliphatic heterocycles. The molecular weight excluding hydrogens is 176 g/mol. The lowest BCUT2D eigenvalue weighted by Crippen LogP contribution is -2.04. The van der Waals surface area contributed by atoms with Crippen LogP contribution in [0.2, 0.25) is 0 Å². The van der Waals surface area contributed by atoms with E-state index >= 15 is 0 Å². The number of rotatable bonds is 1. The fourth-order valence-corrected chi connectivity index (χ4v) is 1.33. The van der Waals surface area contributed by atoms with Crippen LogP contribution in [0.1, 0.15) is 18.5 Å². The summed E-state index contributed by atoms with van der Waals surface area (Å²) in [4.78, 5) is 8.33. The molecule has 1 heterocycles. The molecule has 0 radical (unpaired) electrons. The predicted octanol–water partition coefficient (Wildman–Crippen LogP) is 1.23. The molecule has 1 aromatic carbocycles. The fourth-order valence-electron chi connectivity index (χ4n) is 1.33. The average molecular weight is 188 g/mol. The normalized spacial score (nSPS) is 13.0. The second-order valence-corrected chi connectivity index (χ2v) is 3.33. The zero-order valence-corrected chi connectivity index (χ0v) is 7.94. The summed E-state index contributed by atoms with van der Waals surface area (Å²) in [5, 5.41) is 0. The molecule has 0 aliphatic rings. The highest BCUT2D eigenvalue weighted by Gasteiger charge is 2.02. The third kappa shape index (κ3) is 1.52. The SMILES string of the molecule is CC(N)c1ccc2nc(N)cnc2c1. The molecule has 14 heavy (non-hydrogen) atoms. The molecule has 1 unspecified atom stereocenters. The minimum Gasteiger partial charge on any atom is -0.382 e. The molecule has 4 N–H and O–H groups in total. The average Bonchev–Trinajstić information content (AvgIpc) is 2.16. The van der Waals surface area contributed by atoms with Crippen molar-refractivity contribution in [2.45, 2.75) is 13.0 Å². The zero-order chi connectivity index (χ0) is 10.1. The molecule has 0 bridgehead atoms. The number of anilines is 1.